The first kappa shape index (κ1) is 22.5. The summed E-state index contributed by atoms with van der Waals surface area (Å²) in [6.07, 6.45) is 2.38. The van der Waals surface area contributed by atoms with Gasteiger partial charge in [-0.05, 0) is 76.1 Å². The first-order valence-electron chi connectivity index (χ1n) is 10.1. The molecule has 2 amide bonds. The molecule has 28 heavy (non-hydrogen) atoms. The summed E-state index contributed by atoms with van der Waals surface area (Å²) in [5.74, 6) is 0.744. The van der Waals surface area contributed by atoms with E-state index in [-0.39, 0.29) is 18.0 Å². The molecular weight excluding hydrogens is 376 g/mol. The number of halogens is 1. The van der Waals surface area contributed by atoms with Crippen LogP contribution in [0.2, 0.25) is 5.02 Å². The van der Waals surface area contributed by atoms with Gasteiger partial charge in [0, 0.05) is 29.7 Å². The normalized spacial score (nSPS) is 16.8. The van der Waals surface area contributed by atoms with E-state index < -0.39 is 5.60 Å². The highest BCUT2D eigenvalue weighted by molar-refractivity contribution is 6.30. The number of carbonyl (C=O) groups excluding carboxylic acids is 2. The third-order valence-electron chi connectivity index (χ3n) is 4.91. The van der Waals surface area contributed by atoms with Gasteiger partial charge >= 0.3 is 6.09 Å². The Morgan fingerprint density at radius 3 is 2.25 bits per heavy atom. The maximum atomic E-state index is 12.7. The third kappa shape index (κ3) is 7.01. The van der Waals surface area contributed by atoms with Crippen molar-refractivity contribution in [3.8, 4) is 0 Å². The van der Waals surface area contributed by atoms with Gasteiger partial charge in [-0.3, -0.25) is 4.79 Å². The molecule has 2 rings (SSSR count). The van der Waals surface area contributed by atoms with Crippen molar-refractivity contribution in [1.29, 1.82) is 0 Å². The van der Waals surface area contributed by atoms with Gasteiger partial charge < -0.3 is 15.0 Å². The van der Waals surface area contributed by atoms with Crippen LogP contribution >= 0.6 is 11.6 Å². The van der Waals surface area contributed by atoms with Crippen LogP contribution in [0.5, 0.6) is 0 Å². The van der Waals surface area contributed by atoms with Gasteiger partial charge in [0.15, 0.2) is 0 Å². The Bertz CT molecular complexity index is 659. The highest BCUT2D eigenvalue weighted by atomic mass is 35.5. The fraction of sp³-hybridized carbons (Fsp3) is 0.636. The van der Waals surface area contributed by atoms with Gasteiger partial charge in [-0.1, -0.05) is 25.4 Å². The fourth-order valence-electron chi connectivity index (χ4n) is 3.54. The van der Waals surface area contributed by atoms with Gasteiger partial charge in [0.2, 0.25) is 0 Å². The molecule has 6 heteroatoms. The summed E-state index contributed by atoms with van der Waals surface area (Å²) < 4.78 is 5.48. The molecule has 1 saturated heterocycles. The minimum absolute atomic E-state index is 0.0723. The second-order valence-electron chi connectivity index (χ2n) is 9.02. The summed E-state index contributed by atoms with van der Waals surface area (Å²) in [6, 6.07) is 7.04. The van der Waals surface area contributed by atoms with Crippen LogP contribution in [0.25, 0.3) is 0 Å². The topological polar surface area (TPSA) is 58.6 Å². The molecule has 1 atom stereocenters. The highest BCUT2D eigenvalue weighted by Gasteiger charge is 2.31. The van der Waals surface area contributed by atoms with Crippen LogP contribution in [-0.2, 0) is 4.74 Å². The zero-order chi connectivity index (χ0) is 20.9. The van der Waals surface area contributed by atoms with Crippen LogP contribution in [0, 0.1) is 11.8 Å². The van der Waals surface area contributed by atoms with Gasteiger partial charge in [-0.25, -0.2) is 4.79 Å². The largest absolute Gasteiger partial charge is 0.444 e. The first-order chi connectivity index (χ1) is 13.0. The summed E-state index contributed by atoms with van der Waals surface area (Å²) >= 11 is 5.92. The number of ether oxygens (including phenoxy) is 1. The van der Waals surface area contributed by atoms with Crippen molar-refractivity contribution in [2.45, 2.75) is 65.5 Å². The molecule has 0 aliphatic carbocycles. The average molecular weight is 409 g/mol. The van der Waals surface area contributed by atoms with E-state index in [4.69, 9.17) is 16.3 Å². The molecule has 0 unspecified atom stereocenters. The van der Waals surface area contributed by atoms with Crippen molar-refractivity contribution < 1.29 is 14.3 Å². The Morgan fingerprint density at radius 1 is 1.18 bits per heavy atom. The second kappa shape index (κ2) is 9.64. The van der Waals surface area contributed by atoms with Gasteiger partial charge in [0.1, 0.15) is 5.60 Å². The third-order valence-corrected chi connectivity index (χ3v) is 5.16. The molecule has 0 spiro atoms. The maximum Gasteiger partial charge on any atom is 0.410 e. The lowest BCUT2D eigenvalue weighted by atomic mass is 9.85. The number of hydrogen-bond acceptors (Lipinski definition) is 3. The molecule has 1 N–H and O–H groups in total. The molecule has 0 bridgehead atoms. The summed E-state index contributed by atoms with van der Waals surface area (Å²) in [5, 5.41) is 3.83. The van der Waals surface area contributed by atoms with E-state index in [9.17, 15) is 9.59 Å². The minimum Gasteiger partial charge on any atom is -0.444 e. The Balaban J connectivity index is 1.97. The summed E-state index contributed by atoms with van der Waals surface area (Å²) in [6.45, 7) is 11.3. The Morgan fingerprint density at radius 2 is 1.75 bits per heavy atom. The van der Waals surface area contributed by atoms with Crippen LogP contribution < -0.4 is 5.32 Å². The van der Waals surface area contributed by atoms with E-state index in [1.165, 1.54) is 0 Å². The van der Waals surface area contributed by atoms with E-state index in [0.29, 0.717) is 35.5 Å². The smallest absolute Gasteiger partial charge is 0.410 e. The van der Waals surface area contributed by atoms with E-state index in [1.807, 2.05) is 20.8 Å². The quantitative estimate of drug-likeness (QED) is 0.734. The molecule has 0 radical (unpaired) electrons. The molecule has 1 aromatic rings. The maximum absolute atomic E-state index is 12.7. The van der Waals surface area contributed by atoms with Crippen molar-refractivity contribution in [2.75, 3.05) is 13.1 Å². The molecule has 1 aliphatic heterocycles. The number of rotatable bonds is 5. The number of hydrogen-bond donors (Lipinski definition) is 1. The lowest BCUT2D eigenvalue weighted by Crippen LogP contribution is -2.48. The number of benzene rings is 1. The predicted molar refractivity (Wildman–Crippen MR) is 113 cm³/mol. The van der Waals surface area contributed by atoms with Crippen molar-refractivity contribution in [3.63, 3.8) is 0 Å². The average Bonchev–Trinajstić information content (AvgIpc) is 2.60. The summed E-state index contributed by atoms with van der Waals surface area (Å²) in [5.41, 5.74) is 0.130. The number of carbonyl (C=O) groups is 2. The number of amides is 2. The van der Waals surface area contributed by atoms with E-state index in [2.05, 4.69) is 19.2 Å². The zero-order valence-corrected chi connectivity index (χ0v) is 18.4. The monoisotopic (exact) mass is 408 g/mol. The molecule has 0 aromatic heterocycles. The van der Waals surface area contributed by atoms with Crippen LogP contribution in [0.15, 0.2) is 24.3 Å². The number of nitrogens with one attached hydrogen (secondary N) is 1. The number of likely N-dealkylation sites (tertiary alicyclic amines) is 1. The van der Waals surface area contributed by atoms with Crippen molar-refractivity contribution >= 4 is 23.6 Å². The first-order valence-corrected chi connectivity index (χ1v) is 10.5. The van der Waals surface area contributed by atoms with Crippen LogP contribution in [0.1, 0.15) is 64.2 Å². The highest BCUT2D eigenvalue weighted by Crippen LogP contribution is 2.26. The van der Waals surface area contributed by atoms with Crippen LogP contribution in [-0.4, -0.2) is 41.6 Å². The van der Waals surface area contributed by atoms with E-state index >= 15 is 0 Å². The van der Waals surface area contributed by atoms with Crippen molar-refractivity contribution in [3.05, 3.63) is 34.9 Å². The number of nitrogens with zero attached hydrogens (tertiary/aromatic N) is 1. The zero-order valence-electron chi connectivity index (χ0n) is 17.6. The molecular formula is C22H33ClN2O3. The molecule has 0 saturated carbocycles. The van der Waals surface area contributed by atoms with Gasteiger partial charge in [-0.15, -0.1) is 0 Å². The van der Waals surface area contributed by atoms with Crippen molar-refractivity contribution in [1.82, 2.24) is 10.2 Å². The van der Waals surface area contributed by atoms with Crippen LogP contribution in [0.4, 0.5) is 4.79 Å². The predicted octanol–water partition coefficient (Wildman–Crippen LogP) is 5.13. The number of piperidine rings is 1. The lowest BCUT2D eigenvalue weighted by Gasteiger charge is -2.37. The van der Waals surface area contributed by atoms with Gasteiger partial charge in [0.25, 0.3) is 5.91 Å². The van der Waals surface area contributed by atoms with Gasteiger partial charge in [0.05, 0.1) is 0 Å². The fourth-order valence-corrected chi connectivity index (χ4v) is 3.67. The molecule has 1 heterocycles. The molecule has 1 aliphatic rings. The van der Waals surface area contributed by atoms with E-state index in [1.54, 1.807) is 29.2 Å². The molecule has 1 aromatic carbocycles. The van der Waals surface area contributed by atoms with Gasteiger partial charge in [-0.2, -0.15) is 0 Å². The Kier molecular flexibility index (Phi) is 7.76. The molecule has 5 nitrogen and oxygen atoms in total. The molecule has 1 fully saturated rings. The SMILES string of the molecule is CC(C)C[C@@H](NC(=O)c1ccc(Cl)cc1)C1CCN(C(=O)OC(C)(C)C)CC1. The Labute approximate surface area is 173 Å². The standard InChI is InChI=1S/C22H33ClN2O3/c1-15(2)14-19(24-20(26)17-6-8-18(23)9-7-17)16-10-12-25(13-11-16)21(27)28-22(3,4)5/h6-9,15-16,19H,10-14H2,1-5H3,(H,24,26)/t19-/m1/s1. The van der Waals surface area contributed by atoms with Crippen molar-refractivity contribution in [2.24, 2.45) is 11.8 Å². The van der Waals surface area contributed by atoms with Crippen LogP contribution in [0.3, 0.4) is 0 Å². The summed E-state index contributed by atoms with van der Waals surface area (Å²) in [7, 11) is 0. The van der Waals surface area contributed by atoms with E-state index in [0.717, 1.165) is 19.3 Å². The lowest BCUT2D eigenvalue weighted by molar-refractivity contribution is 0.0164. The molecule has 156 valence electrons. The second-order valence-corrected chi connectivity index (χ2v) is 9.46. The Hall–Kier alpha value is -1.75. The summed E-state index contributed by atoms with van der Waals surface area (Å²) in [4.78, 5) is 26.7. The minimum atomic E-state index is -0.485.